The molecule has 0 bridgehead atoms. The van der Waals surface area contributed by atoms with Gasteiger partial charge in [-0.1, -0.05) is 42.5 Å². The van der Waals surface area contributed by atoms with Gasteiger partial charge < -0.3 is 24.3 Å². The van der Waals surface area contributed by atoms with Gasteiger partial charge in [0.15, 0.2) is 11.5 Å². The molecule has 3 aromatic carbocycles. The predicted octanol–water partition coefficient (Wildman–Crippen LogP) is 3.77. The highest BCUT2D eigenvalue weighted by atomic mass is 16.7. The minimum absolute atomic E-state index is 0.0626. The van der Waals surface area contributed by atoms with Crippen molar-refractivity contribution in [3.05, 3.63) is 83.7 Å². The van der Waals surface area contributed by atoms with Crippen molar-refractivity contribution in [2.75, 3.05) is 18.7 Å². The van der Waals surface area contributed by atoms with Gasteiger partial charge in [0.25, 0.3) is 0 Å². The van der Waals surface area contributed by atoms with E-state index in [0.29, 0.717) is 23.6 Å². The average molecular weight is 485 g/mol. The van der Waals surface area contributed by atoms with Crippen LogP contribution in [0.15, 0.2) is 67.0 Å². The quantitative estimate of drug-likeness (QED) is 0.432. The number of anilines is 1. The van der Waals surface area contributed by atoms with Gasteiger partial charge in [-0.25, -0.2) is 4.98 Å². The minimum atomic E-state index is -0.757. The highest BCUT2D eigenvalue weighted by molar-refractivity contribution is 5.99. The number of benzene rings is 3. The molecule has 1 aliphatic rings. The first-order chi connectivity index (χ1) is 17.4. The van der Waals surface area contributed by atoms with E-state index >= 15 is 0 Å². The fourth-order valence-corrected chi connectivity index (χ4v) is 4.51. The van der Waals surface area contributed by atoms with Gasteiger partial charge in [-0.2, -0.15) is 0 Å². The second-order valence-electron chi connectivity index (χ2n) is 9.01. The second kappa shape index (κ2) is 9.73. The Morgan fingerprint density at radius 2 is 1.78 bits per heavy atom. The first-order valence-electron chi connectivity index (χ1n) is 11.8. The number of amides is 2. The van der Waals surface area contributed by atoms with Crippen molar-refractivity contribution in [2.24, 2.45) is 0 Å². The van der Waals surface area contributed by atoms with E-state index in [0.717, 1.165) is 27.7 Å². The van der Waals surface area contributed by atoms with Gasteiger partial charge in [0.2, 0.25) is 18.6 Å². The van der Waals surface area contributed by atoms with Crippen LogP contribution in [0.5, 0.6) is 11.5 Å². The second-order valence-corrected chi connectivity index (χ2v) is 9.01. The number of carbonyl (C=O) groups excluding carboxylic acids is 2. The van der Waals surface area contributed by atoms with Crippen LogP contribution in [0.1, 0.15) is 16.7 Å². The molecule has 1 atom stereocenters. The number of carbonyl (C=O) groups is 2. The Hall–Kier alpha value is -4.33. The molecule has 36 heavy (non-hydrogen) atoms. The van der Waals surface area contributed by atoms with Crippen LogP contribution in [0.2, 0.25) is 0 Å². The van der Waals surface area contributed by atoms with E-state index in [-0.39, 0.29) is 25.2 Å². The lowest BCUT2D eigenvalue weighted by Crippen LogP contribution is -2.49. The molecule has 5 rings (SSSR count). The third kappa shape index (κ3) is 4.62. The number of hydrogen-bond donors (Lipinski definition) is 1. The summed E-state index contributed by atoms with van der Waals surface area (Å²) < 4.78 is 12.7. The number of fused-ring (bicyclic) bond motifs is 2. The van der Waals surface area contributed by atoms with Crippen LogP contribution in [0.4, 0.5) is 5.69 Å². The lowest BCUT2D eigenvalue weighted by molar-refractivity contribution is -0.127. The predicted molar refractivity (Wildman–Crippen MR) is 137 cm³/mol. The lowest BCUT2D eigenvalue weighted by atomic mass is 10.0. The van der Waals surface area contributed by atoms with Crippen molar-refractivity contribution in [1.82, 2.24) is 14.9 Å². The average Bonchev–Trinajstić information content (AvgIpc) is 3.53. The zero-order chi connectivity index (χ0) is 25.2. The standard InChI is InChI=1S/C28H28N4O4/c1-18-9-10-19(2)27-26(18)29-16-32(27)15-25(33)30-22(13-20-7-5-4-6-8-20)28(34)31(3)21-11-12-23-24(14-21)36-17-35-23/h4-12,14,16,22H,13,15,17H2,1-3H3,(H,30,33)/t22-/m0/s1. The van der Waals surface area contributed by atoms with Crippen molar-refractivity contribution in [3.8, 4) is 11.5 Å². The van der Waals surface area contributed by atoms with Crippen LogP contribution in [0, 0.1) is 13.8 Å². The Morgan fingerprint density at radius 3 is 2.58 bits per heavy atom. The maximum Gasteiger partial charge on any atom is 0.249 e. The van der Waals surface area contributed by atoms with E-state index in [4.69, 9.17) is 9.47 Å². The molecular weight excluding hydrogens is 456 g/mol. The fourth-order valence-electron chi connectivity index (χ4n) is 4.51. The summed E-state index contributed by atoms with van der Waals surface area (Å²) in [6.07, 6.45) is 2.04. The van der Waals surface area contributed by atoms with Gasteiger partial charge >= 0.3 is 0 Å². The van der Waals surface area contributed by atoms with E-state index in [1.54, 1.807) is 31.6 Å². The summed E-state index contributed by atoms with van der Waals surface area (Å²) in [5.41, 5.74) is 5.51. The molecule has 2 heterocycles. The molecular formula is C28H28N4O4. The van der Waals surface area contributed by atoms with Gasteiger partial charge in [-0.15, -0.1) is 0 Å². The van der Waals surface area contributed by atoms with Crippen molar-refractivity contribution < 1.29 is 19.1 Å². The Kier molecular flexibility index (Phi) is 6.33. The Morgan fingerprint density at radius 1 is 1.03 bits per heavy atom. The topological polar surface area (TPSA) is 85.7 Å². The van der Waals surface area contributed by atoms with Crippen LogP contribution < -0.4 is 19.7 Å². The summed E-state index contributed by atoms with van der Waals surface area (Å²) in [6.45, 7) is 4.22. The lowest BCUT2D eigenvalue weighted by Gasteiger charge is -2.25. The highest BCUT2D eigenvalue weighted by Crippen LogP contribution is 2.35. The van der Waals surface area contributed by atoms with Crippen LogP contribution >= 0.6 is 0 Å². The van der Waals surface area contributed by atoms with Crippen molar-refractivity contribution in [2.45, 2.75) is 32.9 Å². The summed E-state index contributed by atoms with van der Waals surface area (Å²) in [5.74, 6) is 0.748. The van der Waals surface area contributed by atoms with Crippen LogP contribution in [-0.4, -0.2) is 41.2 Å². The molecule has 1 aliphatic heterocycles. The number of imidazole rings is 1. The van der Waals surface area contributed by atoms with Crippen LogP contribution in [0.25, 0.3) is 11.0 Å². The Labute approximate surface area is 209 Å². The van der Waals surface area contributed by atoms with Crippen molar-refractivity contribution in [1.29, 1.82) is 0 Å². The van der Waals surface area contributed by atoms with Gasteiger partial charge in [0.1, 0.15) is 12.6 Å². The molecule has 4 aromatic rings. The van der Waals surface area contributed by atoms with E-state index in [1.165, 1.54) is 4.90 Å². The summed E-state index contributed by atoms with van der Waals surface area (Å²) in [4.78, 5) is 32.9. The summed E-state index contributed by atoms with van der Waals surface area (Å²) >= 11 is 0. The summed E-state index contributed by atoms with van der Waals surface area (Å²) in [7, 11) is 1.69. The number of nitrogens with zero attached hydrogens (tertiary/aromatic N) is 3. The molecule has 1 N–H and O–H groups in total. The molecule has 0 radical (unpaired) electrons. The number of ether oxygens (including phenoxy) is 2. The van der Waals surface area contributed by atoms with Gasteiger partial charge in [0, 0.05) is 25.2 Å². The molecule has 8 heteroatoms. The number of likely N-dealkylation sites (N-methyl/N-ethyl adjacent to an activating group) is 1. The Balaban J connectivity index is 1.38. The smallest absolute Gasteiger partial charge is 0.249 e. The summed E-state index contributed by atoms with van der Waals surface area (Å²) in [5, 5.41) is 2.97. The Bertz CT molecular complexity index is 1430. The number of hydrogen-bond acceptors (Lipinski definition) is 5. The number of rotatable bonds is 7. The van der Waals surface area contributed by atoms with Crippen molar-refractivity contribution >= 4 is 28.5 Å². The monoisotopic (exact) mass is 484 g/mol. The van der Waals surface area contributed by atoms with Crippen LogP contribution in [0.3, 0.4) is 0 Å². The van der Waals surface area contributed by atoms with Crippen molar-refractivity contribution in [3.63, 3.8) is 0 Å². The van der Waals surface area contributed by atoms with Crippen LogP contribution in [-0.2, 0) is 22.6 Å². The molecule has 8 nitrogen and oxygen atoms in total. The zero-order valence-electron chi connectivity index (χ0n) is 20.5. The molecule has 0 fully saturated rings. The van der Waals surface area contributed by atoms with E-state index in [9.17, 15) is 9.59 Å². The van der Waals surface area contributed by atoms with E-state index < -0.39 is 6.04 Å². The molecule has 0 spiro atoms. The normalized spacial score (nSPS) is 13.0. The molecule has 0 aliphatic carbocycles. The van der Waals surface area contributed by atoms with Gasteiger partial charge in [-0.3, -0.25) is 9.59 Å². The van der Waals surface area contributed by atoms with E-state index in [1.807, 2.05) is 60.9 Å². The first kappa shape index (κ1) is 23.4. The zero-order valence-corrected chi connectivity index (χ0v) is 20.5. The molecule has 184 valence electrons. The molecule has 0 saturated carbocycles. The first-order valence-corrected chi connectivity index (χ1v) is 11.8. The minimum Gasteiger partial charge on any atom is -0.454 e. The highest BCUT2D eigenvalue weighted by Gasteiger charge is 2.27. The summed E-state index contributed by atoms with van der Waals surface area (Å²) in [6, 6.07) is 18.3. The number of nitrogens with one attached hydrogen (secondary N) is 1. The molecule has 2 amide bonds. The van der Waals surface area contributed by atoms with Gasteiger partial charge in [-0.05, 0) is 42.7 Å². The molecule has 0 saturated heterocycles. The van der Waals surface area contributed by atoms with E-state index in [2.05, 4.69) is 10.3 Å². The largest absolute Gasteiger partial charge is 0.454 e. The fraction of sp³-hybridized carbons (Fsp3) is 0.250. The molecule has 0 unspecified atom stereocenters. The third-order valence-corrected chi connectivity index (χ3v) is 6.47. The number of aryl methyl sites for hydroxylation is 2. The number of aromatic nitrogens is 2. The maximum absolute atomic E-state index is 13.6. The SMILES string of the molecule is Cc1ccc(C)c2c1ncn2CC(=O)N[C@@H](Cc1ccccc1)C(=O)N(C)c1ccc2c(c1)OCO2. The maximum atomic E-state index is 13.6. The van der Waals surface area contributed by atoms with Gasteiger partial charge in [0.05, 0.1) is 17.4 Å². The molecule has 1 aromatic heterocycles. The third-order valence-electron chi connectivity index (χ3n) is 6.47.